The Hall–Kier alpha value is -4.20. The molecule has 2 atom stereocenters. The Balaban J connectivity index is 0.000000401. The molecule has 0 amide bonds. The molecule has 0 fully saturated rings. The number of carbonyl (C=O) groups excluding carboxylic acids is 2. The zero-order valence-electron chi connectivity index (χ0n) is 23.5. The summed E-state index contributed by atoms with van der Waals surface area (Å²) in [6.07, 6.45) is -2.70. The van der Waals surface area contributed by atoms with Gasteiger partial charge in [-0.2, -0.15) is 0 Å². The largest absolute Gasteiger partial charge is 0.550 e. The number of aliphatic hydroxyl groups excluding tert-OH is 1. The molecule has 2 aromatic rings. The van der Waals surface area contributed by atoms with E-state index in [1.165, 1.54) is 4.90 Å². The lowest BCUT2D eigenvalue weighted by Crippen LogP contribution is -3.11. The van der Waals surface area contributed by atoms with Crippen molar-refractivity contribution in [2.75, 3.05) is 46.1 Å². The van der Waals surface area contributed by atoms with Crippen LogP contribution in [-0.4, -0.2) is 91.4 Å². The summed E-state index contributed by atoms with van der Waals surface area (Å²) in [5.74, 6) is -4.96. The van der Waals surface area contributed by atoms with Crippen molar-refractivity contribution < 1.29 is 63.5 Å². The lowest BCUT2D eigenvalue weighted by Gasteiger charge is -2.32. The Labute approximate surface area is 243 Å². The molecule has 230 valence electrons. The van der Waals surface area contributed by atoms with Gasteiger partial charge in [0.15, 0.2) is 23.0 Å². The van der Waals surface area contributed by atoms with Gasteiger partial charge in [-0.15, -0.1) is 0 Å². The molecule has 0 aliphatic carbocycles. The molecule has 0 saturated carbocycles. The predicted octanol–water partition coefficient (Wildman–Crippen LogP) is -0.673. The number of carboxylic acid groups (broad SMARTS) is 3. The summed E-state index contributed by atoms with van der Waals surface area (Å²) in [7, 11) is 0. The van der Waals surface area contributed by atoms with Gasteiger partial charge in [0.05, 0.1) is 32.9 Å². The highest BCUT2D eigenvalue weighted by molar-refractivity contribution is 6.01. The molecule has 0 radical (unpaired) electrons. The number of quaternary nitrogens is 1. The molecule has 4 N–H and O–H groups in total. The molecular weight excluding hydrogens is 554 g/mol. The fraction of sp³-hybridized carbons (Fsp3) is 0.448. The number of carbonyl (C=O) groups is 4. The van der Waals surface area contributed by atoms with Crippen LogP contribution < -0.4 is 19.5 Å². The number of benzene rings is 2. The molecule has 0 bridgehead atoms. The maximum atomic E-state index is 12.7. The smallest absolute Gasteiger partial charge is 0.351 e. The van der Waals surface area contributed by atoms with Gasteiger partial charge in [0.25, 0.3) is 0 Å². The topological polar surface area (TPSA) is 193 Å². The van der Waals surface area contributed by atoms with Gasteiger partial charge in [-0.05, 0) is 31.5 Å². The molecule has 0 saturated heterocycles. The second-order valence-electron chi connectivity index (χ2n) is 9.32. The third kappa shape index (κ3) is 9.43. The highest BCUT2D eigenvalue weighted by atomic mass is 16.6. The third-order valence-corrected chi connectivity index (χ3v) is 6.60. The van der Waals surface area contributed by atoms with Gasteiger partial charge >= 0.3 is 17.9 Å². The van der Waals surface area contributed by atoms with Crippen molar-refractivity contribution in [3.63, 3.8) is 0 Å². The third-order valence-electron chi connectivity index (χ3n) is 6.60. The van der Waals surface area contributed by atoms with E-state index in [1.807, 2.05) is 48.5 Å². The van der Waals surface area contributed by atoms with Crippen LogP contribution >= 0.6 is 0 Å². The zero-order valence-corrected chi connectivity index (χ0v) is 23.5. The summed E-state index contributed by atoms with van der Waals surface area (Å²) < 4.78 is 23.1. The molecule has 13 nitrogen and oxygen atoms in total. The average molecular weight is 592 g/mol. The lowest BCUT2D eigenvalue weighted by atomic mass is 9.85. The number of fused-ring (bicyclic) bond motifs is 1. The minimum atomic E-state index is -2.71. The number of hydrogen-bond acceptors (Lipinski definition) is 10. The van der Waals surface area contributed by atoms with Gasteiger partial charge in [0.1, 0.15) is 13.2 Å². The highest BCUT2D eigenvalue weighted by Gasteiger charge is 2.46. The summed E-state index contributed by atoms with van der Waals surface area (Å²) in [5, 5.41) is 35.4. The van der Waals surface area contributed by atoms with Crippen LogP contribution in [0.1, 0.15) is 31.9 Å². The predicted molar refractivity (Wildman–Crippen MR) is 144 cm³/mol. The number of aliphatic hydroxyl groups is 1. The Morgan fingerprint density at radius 2 is 1.45 bits per heavy atom. The van der Waals surface area contributed by atoms with Crippen molar-refractivity contribution in [1.29, 1.82) is 0 Å². The first-order valence-electron chi connectivity index (χ1n) is 13.4. The van der Waals surface area contributed by atoms with Crippen LogP contribution in [0, 0.1) is 5.41 Å². The number of carboxylic acids is 3. The zero-order chi connectivity index (χ0) is 31.1. The van der Waals surface area contributed by atoms with Gasteiger partial charge in [-0.3, -0.25) is 9.59 Å². The number of aliphatic carboxylic acids is 3. The number of ether oxygens (including phenoxy) is 4. The van der Waals surface area contributed by atoms with Gasteiger partial charge in [-0.1, -0.05) is 42.5 Å². The molecule has 1 aliphatic heterocycles. The van der Waals surface area contributed by atoms with Gasteiger partial charge in [0, 0.05) is 12.4 Å². The number of esters is 1. The summed E-state index contributed by atoms with van der Waals surface area (Å²) in [4.78, 5) is 45.1. The van der Waals surface area contributed by atoms with Crippen LogP contribution in [-0.2, 0) is 28.7 Å². The van der Waals surface area contributed by atoms with E-state index in [2.05, 4.69) is 13.8 Å². The van der Waals surface area contributed by atoms with Crippen molar-refractivity contribution >= 4 is 23.9 Å². The normalized spacial score (nSPS) is 15.7. The molecule has 0 unspecified atom stereocenters. The Bertz CT molecular complexity index is 1150. The molecule has 1 aliphatic rings. The van der Waals surface area contributed by atoms with Crippen molar-refractivity contribution in [2.45, 2.75) is 32.5 Å². The number of nitrogens with one attached hydrogen (secondary N) is 1. The van der Waals surface area contributed by atoms with Crippen molar-refractivity contribution in [2.24, 2.45) is 5.41 Å². The minimum Gasteiger partial charge on any atom is -0.550 e. The molecule has 1 heterocycles. The molecule has 13 heteroatoms. The van der Waals surface area contributed by atoms with Crippen LogP contribution in [0.2, 0.25) is 0 Å². The fourth-order valence-electron chi connectivity index (χ4n) is 3.99. The number of likely N-dealkylation sites (N-methyl/N-ethyl adjacent to an activating group) is 1. The summed E-state index contributed by atoms with van der Waals surface area (Å²) in [5.41, 5.74) is -1.85. The van der Waals surface area contributed by atoms with E-state index in [0.717, 1.165) is 25.2 Å². The molecule has 3 rings (SSSR count). The van der Waals surface area contributed by atoms with E-state index >= 15 is 0 Å². The summed E-state index contributed by atoms with van der Waals surface area (Å²) in [6, 6.07) is 16.9. The van der Waals surface area contributed by atoms with Crippen molar-refractivity contribution in [3.05, 3.63) is 60.2 Å². The van der Waals surface area contributed by atoms with Crippen LogP contribution in [0.5, 0.6) is 11.5 Å². The van der Waals surface area contributed by atoms with E-state index in [-0.39, 0.29) is 6.61 Å². The minimum absolute atomic E-state index is 0.190. The molecule has 2 aromatic carbocycles. The second kappa shape index (κ2) is 16.9. The van der Waals surface area contributed by atoms with Gasteiger partial charge in [0.2, 0.25) is 6.10 Å². The Morgan fingerprint density at radius 3 is 1.95 bits per heavy atom. The lowest BCUT2D eigenvalue weighted by molar-refractivity contribution is -0.896. The highest BCUT2D eigenvalue weighted by Crippen LogP contribution is 2.39. The first-order chi connectivity index (χ1) is 20.1. The number of hydrogen-bond donors (Lipinski definition) is 4. The maximum Gasteiger partial charge on any atom is 0.351 e. The number of rotatable bonds is 15. The summed E-state index contributed by atoms with van der Waals surface area (Å²) in [6.45, 7) is 7.34. The van der Waals surface area contributed by atoms with E-state index in [0.29, 0.717) is 24.7 Å². The van der Waals surface area contributed by atoms with Crippen LogP contribution in [0.25, 0.3) is 0 Å². The second-order valence-corrected chi connectivity index (χ2v) is 9.32. The standard InChI is InChI=1S/C23H29NO5.C6H8O7/c1-3-24(4-2)14-15-26-16-17-27-23(25)22-21(18-10-6-5-7-11-18)28-19-12-8-9-13-20(19)29-22;7-2-6(4(10)11,5(12)13)1-3(8)9/h5-13,21-22H,3-4,14-17H2,1-2H3;7H,1-2H2,(H,8,9)(H,10,11)(H,12,13)/t21-,22+;/m0./s1. The fourth-order valence-corrected chi connectivity index (χ4v) is 3.99. The SMILES string of the molecule is CC[NH+](CC)CCOCCOC(=O)[C@@H]1Oc2ccccc2O[C@H]1c1ccccc1.O=C([O-])CC(CO)(C(=O)O)C(=O)O. The van der Waals surface area contributed by atoms with E-state index in [9.17, 15) is 24.3 Å². The van der Waals surface area contributed by atoms with E-state index in [1.54, 1.807) is 6.07 Å². The van der Waals surface area contributed by atoms with E-state index in [4.69, 9.17) is 34.3 Å². The number of para-hydroxylation sites is 2. The maximum absolute atomic E-state index is 12.7. The van der Waals surface area contributed by atoms with E-state index < -0.39 is 54.5 Å². The van der Waals surface area contributed by atoms with Crippen LogP contribution in [0.15, 0.2) is 54.6 Å². The van der Waals surface area contributed by atoms with Crippen molar-refractivity contribution in [3.8, 4) is 11.5 Å². The monoisotopic (exact) mass is 591 g/mol. The molecule has 0 aromatic heterocycles. The first kappa shape index (κ1) is 34.0. The Kier molecular flexibility index (Phi) is 13.7. The van der Waals surface area contributed by atoms with Crippen LogP contribution in [0.3, 0.4) is 0 Å². The Morgan fingerprint density at radius 1 is 0.881 bits per heavy atom. The molecule has 42 heavy (non-hydrogen) atoms. The first-order valence-corrected chi connectivity index (χ1v) is 13.4. The van der Waals surface area contributed by atoms with Crippen LogP contribution in [0.4, 0.5) is 0 Å². The van der Waals surface area contributed by atoms with Gasteiger partial charge < -0.3 is 49.1 Å². The molecular formula is C29H37NO12. The molecule has 0 spiro atoms. The quantitative estimate of drug-likeness (QED) is 0.116. The summed E-state index contributed by atoms with van der Waals surface area (Å²) >= 11 is 0. The van der Waals surface area contributed by atoms with Gasteiger partial charge in [-0.25, -0.2) is 4.79 Å². The van der Waals surface area contributed by atoms with Crippen molar-refractivity contribution in [1.82, 2.24) is 0 Å². The average Bonchev–Trinajstić information content (AvgIpc) is 2.99.